The maximum Gasteiger partial charge on any atom is 0.0113 e. The number of rotatable bonds is 7. The topological polar surface area (TPSA) is 9.72 Å². The van der Waals surface area contributed by atoms with Gasteiger partial charge in [-0.2, -0.15) is 0 Å². The van der Waals surface area contributed by atoms with E-state index < -0.39 is 0 Å². The molecule has 1 spiro atoms. The standard InChI is InChI=1S/C22H43N3/c1-19(2)6-5-9-23-10-7-22(8-11-23)16-21(17-22)18-24-12-14-25(15-13-24)20(3)4/h19-21H,5-18H2,1-4H3. The van der Waals surface area contributed by atoms with E-state index >= 15 is 0 Å². The third kappa shape index (κ3) is 5.43. The van der Waals surface area contributed by atoms with Crippen molar-refractivity contribution in [1.82, 2.24) is 14.7 Å². The summed E-state index contributed by atoms with van der Waals surface area (Å²) < 4.78 is 0. The van der Waals surface area contributed by atoms with Crippen LogP contribution in [0.5, 0.6) is 0 Å². The number of hydrogen-bond donors (Lipinski definition) is 0. The van der Waals surface area contributed by atoms with Gasteiger partial charge in [0.25, 0.3) is 0 Å². The Morgan fingerprint density at radius 1 is 0.840 bits per heavy atom. The summed E-state index contributed by atoms with van der Waals surface area (Å²) in [6, 6.07) is 0.722. The lowest BCUT2D eigenvalue weighted by Crippen LogP contribution is -2.53. The highest BCUT2D eigenvalue weighted by Gasteiger charge is 2.45. The van der Waals surface area contributed by atoms with Crippen LogP contribution in [-0.2, 0) is 0 Å². The molecular formula is C22H43N3. The van der Waals surface area contributed by atoms with Gasteiger partial charge in [0, 0.05) is 38.8 Å². The Morgan fingerprint density at radius 3 is 2.04 bits per heavy atom. The van der Waals surface area contributed by atoms with Crippen molar-refractivity contribution in [3.8, 4) is 0 Å². The van der Waals surface area contributed by atoms with Crippen LogP contribution in [0.4, 0.5) is 0 Å². The average Bonchev–Trinajstić information content (AvgIpc) is 2.55. The van der Waals surface area contributed by atoms with Gasteiger partial charge in [-0.15, -0.1) is 0 Å². The van der Waals surface area contributed by atoms with Gasteiger partial charge in [0.05, 0.1) is 0 Å². The van der Waals surface area contributed by atoms with E-state index in [0.717, 1.165) is 23.3 Å². The van der Waals surface area contributed by atoms with E-state index in [2.05, 4.69) is 42.4 Å². The van der Waals surface area contributed by atoms with Crippen molar-refractivity contribution in [3.05, 3.63) is 0 Å². The van der Waals surface area contributed by atoms with Gasteiger partial charge in [-0.05, 0) is 89.3 Å². The molecule has 0 atom stereocenters. The van der Waals surface area contributed by atoms with Gasteiger partial charge in [-0.1, -0.05) is 13.8 Å². The Balaban J connectivity index is 1.30. The summed E-state index contributed by atoms with van der Waals surface area (Å²) in [5, 5.41) is 0. The van der Waals surface area contributed by atoms with E-state index in [0.29, 0.717) is 0 Å². The Kier molecular flexibility index (Phi) is 6.84. The van der Waals surface area contributed by atoms with Gasteiger partial charge in [-0.3, -0.25) is 4.90 Å². The number of hydrogen-bond acceptors (Lipinski definition) is 3. The smallest absolute Gasteiger partial charge is 0.0113 e. The van der Waals surface area contributed by atoms with Gasteiger partial charge in [-0.25, -0.2) is 0 Å². The van der Waals surface area contributed by atoms with Gasteiger partial charge in [0.1, 0.15) is 0 Å². The molecule has 3 aliphatic rings. The summed E-state index contributed by atoms with van der Waals surface area (Å²) in [5.41, 5.74) is 0.749. The Morgan fingerprint density at radius 2 is 1.48 bits per heavy atom. The molecule has 0 bridgehead atoms. The molecular weight excluding hydrogens is 306 g/mol. The van der Waals surface area contributed by atoms with E-state index in [1.165, 1.54) is 90.9 Å². The Hall–Kier alpha value is -0.120. The van der Waals surface area contributed by atoms with Gasteiger partial charge >= 0.3 is 0 Å². The monoisotopic (exact) mass is 349 g/mol. The maximum absolute atomic E-state index is 2.75. The van der Waals surface area contributed by atoms with Crippen molar-refractivity contribution in [2.45, 2.75) is 72.3 Å². The zero-order valence-corrected chi connectivity index (χ0v) is 17.5. The van der Waals surface area contributed by atoms with Crippen molar-refractivity contribution in [1.29, 1.82) is 0 Å². The number of nitrogens with zero attached hydrogens (tertiary/aromatic N) is 3. The first kappa shape index (κ1) is 19.6. The van der Waals surface area contributed by atoms with Crippen LogP contribution in [0.15, 0.2) is 0 Å². The molecule has 0 unspecified atom stereocenters. The molecule has 3 heteroatoms. The van der Waals surface area contributed by atoms with Crippen LogP contribution >= 0.6 is 0 Å². The number of likely N-dealkylation sites (tertiary alicyclic amines) is 1. The summed E-state index contributed by atoms with van der Waals surface area (Å²) in [5.74, 6) is 1.86. The normalized spacial score (nSPS) is 26.6. The summed E-state index contributed by atoms with van der Waals surface area (Å²) >= 11 is 0. The Labute approximate surface area is 157 Å². The fraction of sp³-hybridized carbons (Fsp3) is 1.00. The van der Waals surface area contributed by atoms with Crippen LogP contribution in [0.2, 0.25) is 0 Å². The lowest BCUT2D eigenvalue weighted by Gasteiger charge is -2.54. The minimum Gasteiger partial charge on any atom is -0.303 e. The molecule has 25 heavy (non-hydrogen) atoms. The SMILES string of the molecule is CC(C)CCCN1CCC2(CC1)CC(CN1CCN(C(C)C)CC1)C2. The Bertz CT molecular complexity index is 382. The van der Waals surface area contributed by atoms with Crippen molar-refractivity contribution >= 4 is 0 Å². The van der Waals surface area contributed by atoms with Gasteiger partial charge in [0.15, 0.2) is 0 Å². The van der Waals surface area contributed by atoms with E-state index in [1.54, 1.807) is 0 Å². The maximum atomic E-state index is 2.75. The molecule has 2 aliphatic heterocycles. The molecule has 1 aliphatic carbocycles. The summed E-state index contributed by atoms with van der Waals surface area (Å²) in [7, 11) is 0. The molecule has 3 nitrogen and oxygen atoms in total. The second-order valence-corrected chi connectivity index (χ2v) is 10.1. The van der Waals surface area contributed by atoms with E-state index in [1.807, 2.05) is 0 Å². The predicted octanol–water partition coefficient (Wildman–Crippen LogP) is 3.94. The summed E-state index contributed by atoms with van der Waals surface area (Å²) in [4.78, 5) is 8.12. The molecule has 3 rings (SSSR count). The van der Waals surface area contributed by atoms with Crippen molar-refractivity contribution in [3.63, 3.8) is 0 Å². The highest BCUT2D eigenvalue weighted by Crippen LogP contribution is 2.52. The summed E-state index contributed by atoms with van der Waals surface area (Å²) in [6.45, 7) is 20.0. The largest absolute Gasteiger partial charge is 0.303 e. The lowest BCUT2D eigenvalue weighted by molar-refractivity contribution is -0.0318. The molecule has 0 aromatic heterocycles. The van der Waals surface area contributed by atoms with E-state index in [-0.39, 0.29) is 0 Å². The molecule has 0 N–H and O–H groups in total. The van der Waals surface area contributed by atoms with Crippen LogP contribution in [0, 0.1) is 17.3 Å². The third-order valence-electron chi connectivity index (χ3n) is 7.27. The second-order valence-electron chi connectivity index (χ2n) is 10.1. The van der Waals surface area contributed by atoms with Crippen LogP contribution in [0.3, 0.4) is 0 Å². The molecule has 146 valence electrons. The molecule has 0 aromatic carbocycles. The van der Waals surface area contributed by atoms with Crippen LogP contribution in [0.1, 0.15) is 66.2 Å². The van der Waals surface area contributed by atoms with Crippen molar-refractivity contribution in [2.24, 2.45) is 17.3 Å². The zero-order chi connectivity index (χ0) is 17.9. The minimum atomic E-state index is 0.722. The van der Waals surface area contributed by atoms with Crippen LogP contribution in [-0.4, -0.2) is 73.1 Å². The highest BCUT2D eigenvalue weighted by molar-refractivity contribution is 4.98. The molecule has 0 radical (unpaired) electrons. The van der Waals surface area contributed by atoms with Crippen LogP contribution in [0.25, 0.3) is 0 Å². The molecule has 1 saturated carbocycles. The minimum absolute atomic E-state index is 0.722. The van der Waals surface area contributed by atoms with Crippen molar-refractivity contribution < 1.29 is 0 Å². The molecule has 3 fully saturated rings. The zero-order valence-electron chi connectivity index (χ0n) is 17.5. The quantitative estimate of drug-likeness (QED) is 0.689. The third-order valence-corrected chi connectivity index (χ3v) is 7.27. The summed E-state index contributed by atoms with van der Waals surface area (Å²) in [6.07, 6.45) is 8.80. The van der Waals surface area contributed by atoms with Gasteiger partial charge in [0.2, 0.25) is 0 Å². The fourth-order valence-electron chi connectivity index (χ4n) is 5.50. The van der Waals surface area contributed by atoms with E-state index in [9.17, 15) is 0 Å². The second kappa shape index (κ2) is 8.71. The highest BCUT2D eigenvalue weighted by atomic mass is 15.3. The molecule has 2 heterocycles. The average molecular weight is 350 g/mol. The lowest BCUT2D eigenvalue weighted by atomic mass is 9.57. The van der Waals surface area contributed by atoms with Gasteiger partial charge < -0.3 is 9.80 Å². The first-order valence-corrected chi connectivity index (χ1v) is 11.1. The molecule has 0 aromatic rings. The number of piperazine rings is 1. The number of piperidine rings is 1. The van der Waals surface area contributed by atoms with Crippen LogP contribution < -0.4 is 0 Å². The first-order valence-electron chi connectivity index (χ1n) is 11.1. The van der Waals surface area contributed by atoms with E-state index in [4.69, 9.17) is 0 Å². The fourth-order valence-corrected chi connectivity index (χ4v) is 5.50. The first-order chi connectivity index (χ1) is 12.0. The predicted molar refractivity (Wildman–Crippen MR) is 108 cm³/mol. The molecule has 0 amide bonds. The van der Waals surface area contributed by atoms with Crippen molar-refractivity contribution in [2.75, 3.05) is 52.4 Å². The molecule has 2 saturated heterocycles.